The van der Waals surface area contributed by atoms with E-state index in [0.29, 0.717) is 19.0 Å². The zero-order valence-corrected chi connectivity index (χ0v) is 4.68. The average molecular weight is 102 g/mol. The highest BCUT2D eigenvalue weighted by Gasteiger charge is 2.18. The first-order valence-electron chi connectivity index (χ1n) is 2.54. The molecule has 1 heterocycles. The standard InChI is InChI=1S/C5H10O2/c1-4-5(2)7-3-6-4/h4-5H,3H2,1-2H3. The van der Waals surface area contributed by atoms with E-state index < -0.39 is 0 Å². The maximum atomic E-state index is 5.04. The second-order valence-corrected chi connectivity index (χ2v) is 1.86. The highest BCUT2D eigenvalue weighted by Crippen LogP contribution is 2.09. The Morgan fingerprint density at radius 3 is 1.71 bits per heavy atom. The molecule has 1 rings (SSSR count). The minimum atomic E-state index is 0.292. The summed E-state index contributed by atoms with van der Waals surface area (Å²) < 4.78 is 10.1. The van der Waals surface area contributed by atoms with E-state index >= 15 is 0 Å². The lowest BCUT2D eigenvalue weighted by atomic mass is 10.3. The first-order valence-corrected chi connectivity index (χ1v) is 2.54. The third-order valence-corrected chi connectivity index (χ3v) is 1.32. The van der Waals surface area contributed by atoms with Gasteiger partial charge in [-0.25, -0.2) is 0 Å². The van der Waals surface area contributed by atoms with Crippen LogP contribution < -0.4 is 0 Å². The Morgan fingerprint density at radius 2 is 1.57 bits per heavy atom. The van der Waals surface area contributed by atoms with Crippen LogP contribution in [-0.4, -0.2) is 19.0 Å². The fraction of sp³-hybridized carbons (Fsp3) is 1.00. The van der Waals surface area contributed by atoms with Crippen molar-refractivity contribution in [2.45, 2.75) is 26.1 Å². The Morgan fingerprint density at radius 1 is 1.14 bits per heavy atom. The SMILES string of the molecule is CC1OCOC1C. The smallest absolute Gasteiger partial charge is 0.147 e. The molecule has 0 aliphatic carbocycles. The van der Waals surface area contributed by atoms with Gasteiger partial charge >= 0.3 is 0 Å². The molecule has 1 aliphatic heterocycles. The van der Waals surface area contributed by atoms with Crippen molar-refractivity contribution in [2.24, 2.45) is 0 Å². The van der Waals surface area contributed by atoms with E-state index in [1.54, 1.807) is 0 Å². The van der Waals surface area contributed by atoms with Gasteiger partial charge in [0.2, 0.25) is 0 Å². The van der Waals surface area contributed by atoms with Gasteiger partial charge in [0, 0.05) is 0 Å². The topological polar surface area (TPSA) is 18.5 Å². The van der Waals surface area contributed by atoms with Gasteiger partial charge in [-0.15, -0.1) is 0 Å². The molecule has 0 saturated carbocycles. The Balaban J connectivity index is 2.33. The summed E-state index contributed by atoms with van der Waals surface area (Å²) in [4.78, 5) is 0. The van der Waals surface area contributed by atoms with Crippen LogP contribution in [0.2, 0.25) is 0 Å². The van der Waals surface area contributed by atoms with Crippen LogP contribution in [0.5, 0.6) is 0 Å². The molecule has 0 bridgehead atoms. The molecule has 0 amide bonds. The molecular weight excluding hydrogens is 92.1 g/mol. The number of hydrogen-bond acceptors (Lipinski definition) is 2. The van der Waals surface area contributed by atoms with Gasteiger partial charge in [-0.05, 0) is 13.8 Å². The second-order valence-electron chi connectivity index (χ2n) is 1.86. The van der Waals surface area contributed by atoms with E-state index in [-0.39, 0.29) is 0 Å². The van der Waals surface area contributed by atoms with Crippen molar-refractivity contribution in [3.05, 3.63) is 0 Å². The maximum Gasteiger partial charge on any atom is 0.147 e. The van der Waals surface area contributed by atoms with Gasteiger partial charge in [0.25, 0.3) is 0 Å². The largest absolute Gasteiger partial charge is 0.350 e. The molecule has 2 nitrogen and oxygen atoms in total. The average Bonchev–Trinajstić information content (AvgIpc) is 1.91. The van der Waals surface area contributed by atoms with E-state index in [9.17, 15) is 0 Å². The fourth-order valence-corrected chi connectivity index (χ4v) is 0.525. The van der Waals surface area contributed by atoms with Crippen LogP contribution >= 0.6 is 0 Å². The third kappa shape index (κ3) is 0.924. The van der Waals surface area contributed by atoms with Gasteiger partial charge in [0.1, 0.15) is 6.79 Å². The molecule has 7 heavy (non-hydrogen) atoms. The highest BCUT2D eigenvalue weighted by atomic mass is 16.7. The van der Waals surface area contributed by atoms with Crippen molar-refractivity contribution >= 4 is 0 Å². The van der Waals surface area contributed by atoms with Crippen LogP contribution in [0.25, 0.3) is 0 Å². The van der Waals surface area contributed by atoms with Gasteiger partial charge in [-0.3, -0.25) is 0 Å². The maximum absolute atomic E-state index is 5.04. The van der Waals surface area contributed by atoms with Crippen molar-refractivity contribution in [1.82, 2.24) is 0 Å². The van der Waals surface area contributed by atoms with Crippen molar-refractivity contribution in [2.75, 3.05) is 6.79 Å². The zero-order valence-electron chi connectivity index (χ0n) is 4.68. The summed E-state index contributed by atoms with van der Waals surface area (Å²) in [5.41, 5.74) is 0. The molecule has 42 valence electrons. The summed E-state index contributed by atoms with van der Waals surface area (Å²) in [5, 5.41) is 0. The Hall–Kier alpha value is -0.0800. The van der Waals surface area contributed by atoms with Gasteiger partial charge in [0.15, 0.2) is 0 Å². The van der Waals surface area contributed by atoms with Gasteiger partial charge in [-0.2, -0.15) is 0 Å². The molecule has 0 aromatic carbocycles. The van der Waals surface area contributed by atoms with Gasteiger partial charge in [-0.1, -0.05) is 0 Å². The van der Waals surface area contributed by atoms with E-state index in [1.807, 2.05) is 13.8 Å². The number of rotatable bonds is 0. The Bertz CT molecular complexity index is 55.1. The van der Waals surface area contributed by atoms with Crippen LogP contribution in [0.1, 0.15) is 13.8 Å². The van der Waals surface area contributed by atoms with Gasteiger partial charge < -0.3 is 9.47 Å². The molecule has 0 aromatic rings. The molecule has 2 unspecified atom stereocenters. The van der Waals surface area contributed by atoms with Gasteiger partial charge in [0.05, 0.1) is 12.2 Å². The summed E-state index contributed by atoms with van der Waals surface area (Å²) in [5.74, 6) is 0. The van der Waals surface area contributed by atoms with Crippen molar-refractivity contribution in [3.63, 3.8) is 0 Å². The summed E-state index contributed by atoms with van der Waals surface area (Å²) >= 11 is 0. The number of ether oxygens (including phenoxy) is 2. The Labute approximate surface area is 43.4 Å². The number of hydrogen-bond donors (Lipinski definition) is 0. The monoisotopic (exact) mass is 102 g/mol. The predicted octanol–water partition coefficient (Wildman–Crippen LogP) is 0.768. The molecule has 1 aliphatic rings. The normalized spacial score (nSPS) is 42.0. The van der Waals surface area contributed by atoms with Crippen molar-refractivity contribution in [1.29, 1.82) is 0 Å². The molecule has 0 spiro atoms. The first kappa shape index (κ1) is 5.06. The molecule has 0 N–H and O–H groups in total. The van der Waals surface area contributed by atoms with Crippen LogP contribution in [0.4, 0.5) is 0 Å². The van der Waals surface area contributed by atoms with E-state index in [4.69, 9.17) is 9.47 Å². The molecule has 0 radical (unpaired) electrons. The van der Waals surface area contributed by atoms with Crippen LogP contribution in [-0.2, 0) is 9.47 Å². The first-order chi connectivity index (χ1) is 3.30. The van der Waals surface area contributed by atoms with E-state index in [1.165, 1.54) is 0 Å². The lowest BCUT2D eigenvalue weighted by molar-refractivity contribution is 0.0433. The van der Waals surface area contributed by atoms with Crippen LogP contribution in [0.15, 0.2) is 0 Å². The minimum absolute atomic E-state index is 0.292. The lowest BCUT2D eigenvalue weighted by Gasteiger charge is -2.02. The quantitative estimate of drug-likeness (QED) is 0.449. The molecular formula is C5H10O2. The van der Waals surface area contributed by atoms with E-state index in [2.05, 4.69) is 0 Å². The fourth-order valence-electron chi connectivity index (χ4n) is 0.525. The molecule has 2 heteroatoms. The predicted molar refractivity (Wildman–Crippen MR) is 26.0 cm³/mol. The highest BCUT2D eigenvalue weighted by molar-refractivity contribution is 4.62. The summed E-state index contributed by atoms with van der Waals surface area (Å²) in [6.07, 6.45) is 0.583. The summed E-state index contributed by atoms with van der Waals surface area (Å²) in [6, 6.07) is 0. The zero-order chi connectivity index (χ0) is 5.28. The van der Waals surface area contributed by atoms with Crippen molar-refractivity contribution in [3.8, 4) is 0 Å². The van der Waals surface area contributed by atoms with E-state index in [0.717, 1.165) is 0 Å². The second kappa shape index (κ2) is 1.80. The summed E-state index contributed by atoms with van der Waals surface area (Å²) in [7, 11) is 0. The molecule has 2 atom stereocenters. The minimum Gasteiger partial charge on any atom is -0.350 e. The molecule has 1 fully saturated rings. The van der Waals surface area contributed by atoms with Crippen molar-refractivity contribution < 1.29 is 9.47 Å². The Kier molecular flexibility index (Phi) is 1.30. The molecule has 0 aromatic heterocycles. The van der Waals surface area contributed by atoms with Crippen LogP contribution in [0, 0.1) is 0 Å². The summed E-state index contributed by atoms with van der Waals surface area (Å²) in [6.45, 7) is 4.50. The third-order valence-electron chi connectivity index (χ3n) is 1.32. The molecule has 1 saturated heterocycles. The lowest BCUT2D eigenvalue weighted by Crippen LogP contribution is -2.13. The van der Waals surface area contributed by atoms with Crippen LogP contribution in [0.3, 0.4) is 0 Å².